The number of hydrogen-bond acceptors (Lipinski definition) is 1. The second kappa shape index (κ2) is 14.0. The predicted molar refractivity (Wildman–Crippen MR) is 235 cm³/mol. The van der Waals surface area contributed by atoms with Crippen LogP contribution in [0.5, 0.6) is 0 Å². The molecule has 0 fully saturated rings. The third kappa shape index (κ3) is 5.93. The first-order chi connectivity index (χ1) is 27.3. The topological polar surface area (TPSA) is 3.24 Å². The fourth-order valence-corrected chi connectivity index (χ4v) is 8.25. The molecule has 1 nitrogen and oxygen atoms in total. The van der Waals surface area contributed by atoms with Crippen LogP contribution in [-0.4, -0.2) is 0 Å². The molecule has 55 heavy (non-hydrogen) atoms. The molecule has 10 aromatic rings. The van der Waals surface area contributed by atoms with Crippen molar-refractivity contribution >= 4 is 49.4 Å². The van der Waals surface area contributed by atoms with Crippen molar-refractivity contribution in [3.05, 3.63) is 224 Å². The molecule has 0 heterocycles. The van der Waals surface area contributed by atoms with E-state index in [2.05, 4.69) is 229 Å². The molecule has 0 aliphatic rings. The Morgan fingerprint density at radius 3 is 1.35 bits per heavy atom. The van der Waals surface area contributed by atoms with E-state index in [-0.39, 0.29) is 0 Å². The van der Waals surface area contributed by atoms with Gasteiger partial charge in [0.15, 0.2) is 0 Å². The van der Waals surface area contributed by atoms with Gasteiger partial charge in [-0.25, -0.2) is 0 Å². The Bertz CT molecular complexity index is 2860. The maximum absolute atomic E-state index is 2.44. The summed E-state index contributed by atoms with van der Waals surface area (Å²) >= 11 is 0. The molecule has 0 amide bonds. The molecule has 0 aromatic heterocycles. The Hall–Kier alpha value is -7.22. The molecular weight excluding hydrogens is 663 g/mol. The summed E-state index contributed by atoms with van der Waals surface area (Å²) in [5, 5.41) is 7.43. The molecule has 0 aliphatic heterocycles. The van der Waals surface area contributed by atoms with Crippen molar-refractivity contribution in [2.45, 2.75) is 0 Å². The quantitative estimate of drug-likeness (QED) is 0.150. The van der Waals surface area contributed by atoms with Crippen molar-refractivity contribution in [2.24, 2.45) is 0 Å². The molecule has 0 atom stereocenters. The monoisotopic (exact) mass is 699 g/mol. The Morgan fingerprint density at radius 2 is 0.709 bits per heavy atom. The van der Waals surface area contributed by atoms with Gasteiger partial charge in [0.2, 0.25) is 0 Å². The van der Waals surface area contributed by atoms with Crippen LogP contribution in [0.4, 0.5) is 17.1 Å². The molecule has 0 N–H and O–H groups in total. The second-order valence-corrected chi connectivity index (χ2v) is 14.1. The summed E-state index contributed by atoms with van der Waals surface area (Å²) in [7, 11) is 0. The highest BCUT2D eigenvalue weighted by Crippen LogP contribution is 2.49. The van der Waals surface area contributed by atoms with E-state index in [4.69, 9.17) is 0 Å². The fraction of sp³-hybridized carbons (Fsp3) is 0. The smallest absolute Gasteiger partial charge is 0.0546 e. The molecule has 0 spiro atoms. The summed E-state index contributed by atoms with van der Waals surface area (Å²) < 4.78 is 0. The molecule has 0 aliphatic carbocycles. The Kier molecular flexibility index (Phi) is 8.24. The zero-order valence-corrected chi connectivity index (χ0v) is 30.3. The van der Waals surface area contributed by atoms with Crippen LogP contribution in [0.25, 0.3) is 76.8 Å². The number of nitrogens with zero attached hydrogens (tertiary/aromatic N) is 1. The number of benzene rings is 10. The summed E-state index contributed by atoms with van der Waals surface area (Å²) in [6.45, 7) is 0. The van der Waals surface area contributed by atoms with Crippen molar-refractivity contribution in [3.63, 3.8) is 0 Å². The minimum Gasteiger partial charge on any atom is -0.310 e. The first kappa shape index (κ1) is 32.4. The lowest BCUT2D eigenvalue weighted by Crippen LogP contribution is -2.12. The molecule has 1 heteroatoms. The van der Waals surface area contributed by atoms with E-state index in [1.807, 2.05) is 0 Å². The average molecular weight is 700 g/mol. The highest BCUT2D eigenvalue weighted by atomic mass is 15.1. The van der Waals surface area contributed by atoms with E-state index in [1.54, 1.807) is 0 Å². The standard InChI is InChI=1S/C54H37N/c1-3-15-38(16-4-1)40-29-33-44(34-30-40)55(45-35-31-41(32-36-45)39-17-5-2-6-18-39)53-28-14-27-51(49-26-13-21-42-19-7-9-22-46(42)49)54(53)52-37-43-20-8-10-23-47(43)48-24-11-12-25-50(48)52/h1-37H. The van der Waals surface area contributed by atoms with Crippen LogP contribution in [0.3, 0.4) is 0 Å². The fourth-order valence-electron chi connectivity index (χ4n) is 8.25. The van der Waals surface area contributed by atoms with Gasteiger partial charge in [0.25, 0.3) is 0 Å². The van der Waals surface area contributed by atoms with Crippen molar-refractivity contribution in [1.82, 2.24) is 0 Å². The zero-order chi connectivity index (χ0) is 36.6. The predicted octanol–water partition coefficient (Wildman–Crippen LogP) is 15.3. The molecule has 0 saturated heterocycles. The molecular formula is C54H37N. The lowest BCUT2D eigenvalue weighted by molar-refractivity contribution is 1.28. The summed E-state index contributed by atoms with van der Waals surface area (Å²) in [5.41, 5.74) is 12.9. The van der Waals surface area contributed by atoms with E-state index < -0.39 is 0 Å². The van der Waals surface area contributed by atoms with Gasteiger partial charge in [0, 0.05) is 16.9 Å². The molecule has 0 bridgehead atoms. The van der Waals surface area contributed by atoms with Gasteiger partial charge in [-0.15, -0.1) is 0 Å². The van der Waals surface area contributed by atoms with Gasteiger partial charge in [-0.3, -0.25) is 0 Å². The SMILES string of the molecule is c1ccc(-c2ccc(N(c3ccc(-c4ccccc4)cc3)c3cccc(-c4cccc5ccccc45)c3-c3cc4ccccc4c4ccccc34)cc2)cc1. The van der Waals surface area contributed by atoms with Gasteiger partial charge in [0.05, 0.1) is 5.69 Å². The minimum atomic E-state index is 1.09. The largest absolute Gasteiger partial charge is 0.310 e. The van der Waals surface area contributed by atoms with Crippen molar-refractivity contribution in [2.75, 3.05) is 4.90 Å². The number of anilines is 3. The number of rotatable bonds is 7. The van der Waals surface area contributed by atoms with Gasteiger partial charge in [-0.1, -0.05) is 188 Å². The van der Waals surface area contributed by atoms with E-state index in [9.17, 15) is 0 Å². The third-order valence-electron chi connectivity index (χ3n) is 10.9. The lowest BCUT2D eigenvalue weighted by Gasteiger charge is -2.30. The Balaban J connectivity index is 1.28. The molecule has 0 radical (unpaired) electrons. The molecule has 258 valence electrons. The van der Waals surface area contributed by atoms with Crippen molar-refractivity contribution in [3.8, 4) is 44.5 Å². The highest BCUT2D eigenvalue weighted by Gasteiger charge is 2.23. The normalized spacial score (nSPS) is 11.3. The van der Waals surface area contributed by atoms with Gasteiger partial charge < -0.3 is 4.90 Å². The summed E-state index contributed by atoms with van der Waals surface area (Å²) in [5.74, 6) is 0. The highest BCUT2D eigenvalue weighted by molar-refractivity contribution is 6.17. The van der Waals surface area contributed by atoms with Gasteiger partial charge in [0.1, 0.15) is 0 Å². The van der Waals surface area contributed by atoms with Crippen LogP contribution in [-0.2, 0) is 0 Å². The third-order valence-corrected chi connectivity index (χ3v) is 10.9. The summed E-state index contributed by atoms with van der Waals surface area (Å²) in [4.78, 5) is 2.44. The van der Waals surface area contributed by atoms with E-state index >= 15 is 0 Å². The number of fused-ring (bicyclic) bond motifs is 4. The summed E-state index contributed by atoms with van der Waals surface area (Å²) in [6.07, 6.45) is 0. The van der Waals surface area contributed by atoms with Crippen LogP contribution >= 0.6 is 0 Å². The zero-order valence-electron chi connectivity index (χ0n) is 30.3. The first-order valence-electron chi connectivity index (χ1n) is 18.9. The molecule has 0 unspecified atom stereocenters. The molecule has 0 saturated carbocycles. The maximum Gasteiger partial charge on any atom is 0.0546 e. The second-order valence-electron chi connectivity index (χ2n) is 14.1. The van der Waals surface area contributed by atoms with Crippen molar-refractivity contribution in [1.29, 1.82) is 0 Å². The first-order valence-corrected chi connectivity index (χ1v) is 18.9. The lowest BCUT2D eigenvalue weighted by atomic mass is 9.86. The number of hydrogen-bond donors (Lipinski definition) is 0. The van der Waals surface area contributed by atoms with E-state index in [0.29, 0.717) is 0 Å². The molecule has 10 aromatic carbocycles. The van der Waals surface area contributed by atoms with Crippen LogP contribution in [0.15, 0.2) is 224 Å². The van der Waals surface area contributed by atoms with Crippen molar-refractivity contribution < 1.29 is 0 Å². The summed E-state index contributed by atoms with van der Waals surface area (Å²) in [6, 6.07) is 81.6. The Morgan fingerprint density at radius 1 is 0.255 bits per heavy atom. The molecule has 10 rings (SSSR count). The van der Waals surface area contributed by atoms with Gasteiger partial charge in [-0.05, 0) is 108 Å². The van der Waals surface area contributed by atoms with Crippen LogP contribution in [0.2, 0.25) is 0 Å². The average Bonchev–Trinajstić information content (AvgIpc) is 3.27. The van der Waals surface area contributed by atoms with Crippen LogP contribution < -0.4 is 4.90 Å². The van der Waals surface area contributed by atoms with Gasteiger partial charge >= 0.3 is 0 Å². The van der Waals surface area contributed by atoms with Gasteiger partial charge in [-0.2, -0.15) is 0 Å². The maximum atomic E-state index is 2.44. The Labute approximate surface area is 322 Å². The van der Waals surface area contributed by atoms with Crippen LogP contribution in [0.1, 0.15) is 0 Å². The van der Waals surface area contributed by atoms with E-state index in [1.165, 1.54) is 76.8 Å². The van der Waals surface area contributed by atoms with E-state index in [0.717, 1.165) is 17.1 Å². The van der Waals surface area contributed by atoms with Crippen LogP contribution in [0, 0.1) is 0 Å². The minimum absolute atomic E-state index is 1.09.